The highest BCUT2D eigenvalue weighted by atomic mass is 16.5. The first-order valence-corrected chi connectivity index (χ1v) is 9.69. The average Bonchev–Trinajstić information content (AvgIpc) is 3.20. The van der Waals surface area contributed by atoms with Gasteiger partial charge in [-0.3, -0.25) is 14.4 Å². The van der Waals surface area contributed by atoms with E-state index in [4.69, 9.17) is 4.74 Å². The molecule has 4 rings (SSSR count). The number of anilines is 1. The maximum atomic E-state index is 13.0. The van der Waals surface area contributed by atoms with Gasteiger partial charge in [0.25, 0.3) is 0 Å². The Bertz CT molecular complexity index is 744. The minimum Gasteiger partial charge on any atom is -0.378 e. The standard InChI is InChI=1S/C20H25N3O4/c24-18-8-7-15-4-1-2-5-16(15)23(18)14-19(25)22-9-3-6-17(22)20(26)21-10-12-27-13-11-21/h1-2,4-5,17H,3,6-14H2/t17-/m0/s1. The van der Waals surface area contributed by atoms with Crippen molar-refractivity contribution in [1.29, 1.82) is 0 Å². The van der Waals surface area contributed by atoms with Gasteiger partial charge in [0.1, 0.15) is 12.6 Å². The van der Waals surface area contributed by atoms with E-state index < -0.39 is 6.04 Å². The molecular formula is C20H25N3O4. The van der Waals surface area contributed by atoms with Gasteiger partial charge in [0.15, 0.2) is 0 Å². The number of carbonyl (C=O) groups excluding carboxylic acids is 3. The average molecular weight is 371 g/mol. The molecule has 7 heteroatoms. The second kappa shape index (κ2) is 7.68. The molecule has 3 aliphatic heterocycles. The fourth-order valence-corrected chi connectivity index (χ4v) is 4.21. The lowest BCUT2D eigenvalue weighted by Crippen LogP contribution is -2.53. The van der Waals surface area contributed by atoms with E-state index in [0.717, 1.165) is 17.7 Å². The minimum absolute atomic E-state index is 0.00272. The number of rotatable bonds is 3. The van der Waals surface area contributed by atoms with Crippen LogP contribution in [0.4, 0.5) is 5.69 Å². The molecule has 3 amide bonds. The predicted octanol–water partition coefficient (Wildman–Crippen LogP) is 0.816. The summed E-state index contributed by atoms with van der Waals surface area (Å²) >= 11 is 0. The molecule has 27 heavy (non-hydrogen) atoms. The van der Waals surface area contributed by atoms with Gasteiger partial charge in [0.05, 0.1) is 13.2 Å². The van der Waals surface area contributed by atoms with Crippen LogP contribution in [0.25, 0.3) is 0 Å². The second-order valence-corrected chi connectivity index (χ2v) is 7.29. The molecule has 1 aromatic carbocycles. The number of nitrogens with zero attached hydrogens (tertiary/aromatic N) is 3. The third-order valence-electron chi connectivity index (χ3n) is 5.67. The summed E-state index contributed by atoms with van der Waals surface area (Å²) < 4.78 is 5.31. The van der Waals surface area contributed by atoms with Crippen molar-refractivity contribution in [1.82, 2.24) is 9.80 Å². The Kier molecular flexibility index (Phi) is 5.11. The van der Waals surface area contributed by atoms with Gasteiger partial charge in [-0.05, 0) is 30.9 Å². The van der Waals surface area contributed by atoms with Crippen LogP contribution in [0.1, 0.15) is 24.8 Å². The Morgan fingerprint density at radius 1 is 1.07 bits per heavy atom. The van der Waals surface area contributed by atoms with Crippen LogP contribution < -0.4 is 4.90 Å². The summed E-state index contributed by atoms with van der Waals surface area (Å²) in [6.07, 6.45) is 2.63. The molecule has 0 unspecified atom stereocenters. The number of hydrogen-bond donors (Lipinski definition) is 0. The van der Waals surface area contributed by atoms with Crippen molar-refractivity contribution in [3.63, 3.8) is 0 Å². The number of para-hydroxylation sites is 1. The molecular weight excluding hydrogens is 346 g/mol. The highest BCUT2D eigenvalue weighted by Gasteiger charge is 2.38. The summed E-state index contributed by atoms with van der Waals surface area (Å²) in [5, 5.41) is 0. The number of aryl methyl sites for hydroxylation is 1. The molecule has 0 saturated carbocycles. The van der Waals surface area contributed by atoms with Crippen LogP contribution in [-0.4, -0.2) is 73.0 Å². The largest absolute Gasteiger partial charge is 0.378 e. The van der Waals surface area contributed by atoms with Crippen LogP contribution >= 0.6 is 0 Å². The molecule has 0 bridgehead atoms. The smallest absolute Gasteiger partial charge is 0.245 e. The Balaban J connectivity index is 1.47. The summed E-state index contributed by atoms with van der Waals surface area (Å²) in [6.45, 7) is 2.83. The lowest BCUT2D eigenvalue weighted by atomic mass is 10.0. The monoisotopic (exact) mass is 371 g/mol. The van der Waals surface area contributed by atoms with Crippen molar-refractivity contribution in [3.05, 3.63) is 29.8 Å². The van der Waals surface area contributed by atoms with Gasteiger partial charge >= 0.3 is 0 Å². The van der Waals surface area contributed by atoms with Gasteiger partial charge in [-0.2, -0.15) is 0 Å². The minimum atomic E-state index is -0.411. The third kappa shape index (κ3) is 3.56. The predicted molar refractivity (Wildman–Crippen MR) is 99.3 cm³/mol. The van der Waals surface area contributed by atoms with Gasteiger partial charge in [-0.15, -0.1) is 0 Å². The number of carbonyl (C=O) groups is 3. The zero-order valence-electron chi connectivity index (χ0n) is 15.4. The molecule has 1 aromatic rings. The zero-order valence-corrected chi connectivity index (χ0v) is 15.4. The molecule has 1 atom stereocenters. The number of morpholine rings is 1. The third-order valence-corrected chi connectivity index (χ3v) is 5.67. The lowest BCUT2D eigenvalue weighted by molar-refractivity contribution is -0.146. The topological polar surface area (TPSA) is 70.2 Å². The molecule has 0 aromatic heterocycles. The van der Waals surface area contributed by atoms with E-state index in [1.165, 1.54) is 0 Å². The number of benzene rings is 1. The Hall–Kier alpha value is -2.41. The summed E-state index contributed by atoms with van der Waals surface area (Å²) in [5.41, 5.74) is 1.91. The van der Waals surface area contributed by atoms with Crippen LogP contribution in [0.15, 0.2) is 24.3 Å². The van der Waals surface area contributed by atoms with E-state index in [0.29, 0.717) is 52.1 Å². The number of ether oxygens (including phenoxy) is 1. The molecule has 2 saturated heterocycles. The first kappa shape index (κ1) is 18.0. The van der Waals surface area contributed by atoms with Gasteiger partial charge in [0, 0.05) is 31.7 Å². The van der Waals surface area contributed by atoms with Crippen molar-refractivity contribution in [2.24, 2.45) is 0 Å². The SMILES string of the molecule is O=C([C@@H]1CCCN1C(=O)CN1C(=O)CCc2ccccc21)N1CCOCC1. The van der Waals surface area contributed by atoms with Crippen molar-refractivity contribution in [2.45, 2.75) is 31.7 Å². The van der Waals surface area contributed by atoms with Crippen LogP contribution in [-0.2, 0) is 25.5 Å². The Labute approximate surface area is 158 Å². The van der Waals surface area contributed by atoms with Crippen LogP contribution in [0, 0.1) is 0 Å². The molecule has 0 radical (unpaired) electrons. The number of hydrogen-bond acceptors (Lipinski definition) is 4. The van der Waals surface area contributed by atoms with Gasteiger partial charge in [-0.1, -0.05) is 18.2 Å². The van der Waals surface area contributed by atoms with Gasteiger partial charge in [0.2, 0.25) is 17.7 Å². The maximum absolute atomic E-state index is 13.0. The maximum Gasteiger partial charge on any atom is 0.245 e. The molecule has 0 N–H and O–H groups in total. The highest BCUT2D eigenvalue weighted by Crippen LogP contribution is 2.28. The molecule has 3 heterocycles. The first-order chi connectivity index (χ1) is 13.1. The fourth-order valence-electron chi connectivity index (χ4n) is 4.21. The summed E-state index contributed by atoms with van der Waals surface area (Å²) in [4.78, 5) is 43.3. The number of likely N-dealkylation sites (tertiary alicyclic amines) is 1. The lowest BCUT2D eigenvalue weighted by Gasteiger charge is -2.34. The quantitative estimate of drug-likeness (QED) is 0.789. The fraction of sp³-hybridized carbons (Fsp3) is 0.550. The van der Waals surface area contributed by atoms with Crippen molar-refractivity contribution in [3.8, 4) is 0 Å². The highest BCUT2D eigenvalue weighted by molar-refractivity contribution is 6.01. The van der Waals surface area contributed by atoms with E-state index in [9.17, 15) is 14.4 Å². The normalized spacial score (nSPS) is 22.7. The number of fused-ring (bicyclic) bond motifs is 1. The molecule has 2 fully saturated rings. The Morgan fingerprint density at radius 3 is 2.67 bits per heavy atom. The summed E-state index contributed by atoms with van der Waals surface area (Å²) in [5.74, 6) is -0.170. The van der Waals surface area contributed by atoms with Crippen molar-refractivity contribution < 1.29 is 19.1 Å². The van der Waals surface area contributed by atoms with E-state index in [1.54, 1.807) is 14.7 Å². The summed E-state index contributed by atoms with van der Waals surface area (Å²) in [6, 6.07) is 7.31. The van der Waals surface area contributed by atoms with E-state index in [2.05, 4.69) is 0 Å². The van der Waals surface area contributed by atoms with Crippen LogP contribution in [0.2, 0.25) is 0 Å². The van der Waals surface area contributed by atoms with E-state index >= 15 is 0 Å². The molecule has 0 aliphatic carbocycles. The molecule has 7 nitrogen and oxygen atoms in total. The van der Waals surface area contributed by atoms with Gasteiger partial charge in [-0.25, -0.2) is 0 Å². The molecule has 0 spiro atoms. The van der Waals surface area contributed by atoms with Crippen molar-refractivity contribution in [2.75, 3.05) is 44.3 Å². The van der Waals surface area contributed by atoms with Crippen LogP contribution in [0.5, 0.6) is 0 Å². The Morgan fingerprint density at radius 2 is 1.85 bits per heavy atom. The van der Waals surface area contributed by atoms with Crippen molar-refractivity contribution >= 4 is 23.4 Å². The second-order valence-electron chi connectivity index (χ2n) is 7.29. The summed E-state index contributed by atoms with van der Waals surface area (Å²) in [7, 11) is 0. The van der Waals surface area contributed by atoms with Gasteiger partial charge < -0.3 is 19.4 Å². The zero-order chi connectivity index (χ0) is 18.8. The number of amides is 3. The van der Waals surface area contributed by atoms with E-state index in [1.807, 2.05) is 24.3 Å². The molecule has 3 aliphatic rings. The van der Waals surface area contributed by atoms with E-state index in [-0.39, 0.29) is 24.3 Å². The van der Waals surface area contributed by atoms with Crippen LogP contribution in [0.3, 0.4) is 0 Å². The molecule has 144 valence electrons. The first-order valence-electron chi connectivity index (χ1n) is 9.69.